The topological polar surface area (TPSA) is 85.9 Å². The Kier molecular flexibility index (Phi) is 6.41. The van der Waals surface area contributed by atoms with Crippen molar-refractivity contribution in [1.82, 2.24) is 10.6 Å². The number of carbonyl (C=O) groups is 2. The van der Waals surface area contributed by atoms with Crippen LogP contribution >= 0.6 is 0 Å². The molecule has 0 spiro atoms. The summed E-state index contributed by atoms with van der Waals surface area (Å²) in [5.41, 5.74) is 1.50. The smallest absolute Gasteiger partial charge is 0.338 e. The molecule has 7 nitrogen and oxygen atoms in total. The van der Waals surface area contributed by atoms with Crippen LogP contribution in [0.4, 0.5) is 4.79 Å². The lowest BCUT2D eigenvalue weighted by Gasteiger charge is -2.29. The Balaban J connectivity index is 2.38. The van der Waals surface area contributed by atoms with Gasteiger partial charge in [-0.1, -0.05) is 18.2 Å². The fraction of sp³-hybridized carbons (Fsp3) is 0.444. The Hall–Kier alpha value is -2.54. The van der Waals surface area contributed by atoms with Crippen molar-refractivity contribution in [2.45, 2.75) is 32.9 Å². The molecule has 136 valence electrons. The van der Waals surface area contributed by atoms with Gasteiger partial charge in [-0.3, -0.25) is 0 Å². The van der Waals surface area contributed by atoms with Gasteiger partial charge in [0.25, 0.3) is 0 Å². The highest BCUT2D eigenvalue weighted by molar-refractivity contribution is 5.95. The molecule has 1 aromatic carbocycles. The molecule has 0 saturated heterocycles. The van der Waals surface area contributed by atoms with Gasteiger partial charge in [-0.15, -0.1) is 0 Å². The van der Waals surface area contributed by atoms with Gasteiger partial charge >= 0.3 is 12.0 Å². The van der Waals surface area contributed by atoms with Crippen molar-refractivity contribution in [3.63, 3.8) is 0 Å². The lowest BCUT2D eigenvalue weighted by atomic mass is 9.95. The molecule has 2 amide bonds. The highest BCUT2D eigenvalue weighted by Crippen LogP contribution is 2.33. The Labute approximate surface area is 147 Å². The zero-order valence-electron chi connectivity index (χ0n) is 14.9. The van der Waals surface area contributed by atoms with Crippen LogP contribution in [-0.4, -0.2) is 38.4 Å². The third kappa shape index (κ3) is 4.73. The molecule has 0 saturated carbocycles. The molecule has 1 aromatic rings. The summed E-state index contributed by atoms with van der Waals surface area (Å²) < 4.78 is 16.0. The maximum atomic E-state index is 12.5. The molecule has 1 aliphatic rings. The fourth-order valence-electron chi connectivity index (χ4n) is 2.57. The second kappa shape index (κ2) is 8.53. The number of carbonyl (C=O) groups excluding carboxylic acids is 2. The molecule has 0 aromatic heterocycles. The molecule has 7 heteroatoms. The van der Waals surface area contributed by atoms with Crippen molar-refractivity contribution in [3.05, 3.63) is 41.1 Å². The van der Waals surface area contributed by atoms with Crippen LogP contribution in [0.25, 0.3) is 0 Å². The standard InChI is InChI=1S/C18H24N2O5/c1-11(2)25-14-8-6-5-7-13(14)16-15(12(3)19-18(22)20-16)17(21)24-10-9-23-4/h5-8,11,16H,9-10H2,1-4H3,(H2,19,20,22)/t16-/m0/s1. The predicted molar refractivity (Wildman–Crippen MR) is 92.1 cm³/mol. The zero-order chi connectivity index (χ0) is 18.4. The van der Waals surface area contributed by atoms with Gasteiger partial charge in [0.15, 0.2) is 0 Å². The van der Waals surface area contributed by atoms with Crippen LogP contribution in [0.2, 0.25) is 0 Å². The Morgan fingerprint density at radius 2 is 1.96 bits per heavy atom. The Morgan fingerprint density at radius 1 is 1.24 bits per heavy atom. The summed E-state index contributed by atoms with van der Waals surface area (Å²) in [6.07, 6.45) is -0.0410. The van der Waals surface area contributed by atoms with Crippen LogP contribution in [0.5, 0.6) is 5.75 Å². The first-order chi connectivity index (χ1) is 11.9. The Bertz CT molecular complexity index is 669. The van der Waals surface area contributed by atoms with Crippen LogP contribution in [0.15, 0.2) is 35.5 Å². The van der Waals surface area contributed by atoms with Crippen LogP contribution in [-0.2, 0) is 14.3 Å². The molecule has 0 bridgehead atoms. The number of amides is 2. The number of hydrogen-bond donors (Lipinski definition) is 2. The van der Waals surface area contributed by atoms with Crippen molar-refractivity contribution >= 4 is 12.0 Å². The minimum Gasteiger partial charge on any atom is -0.491 e. The van der Waals surface area contributed by atoms with Gasteiger partial charge in [0.2, 0.25) is 0 Å². The van der Waals surface area contributed by atoms with Crippen molar-refractivity contribution in [1.29, 1.82) is 0 Å². The highest BCUT2D eigenvalue weighted by Gasteiger charge is 2.33. The van der Waals surface area contributed by atoms with Crippen molar-refractivity contribution in [3.8, 4) is 5.75 Å². The predicted octanol–water partition coefficient (Wildman–Crippen LogP) is 2.29. The second-order valence-electron chi connectivity index (χ2n) is 5.90. The fourth-order valence-corrected chi connectivity index (χ4v) is 2.57. The van der Waals surface area contributed by atoms with E-state index in [-0.39, 0.29) is 18.7 Å². The van der Waals surface area contributed by atoms with Crippen LogP contribution in [0.3, 0.4) is 0 Å². The van der Waals surface area contributed by atoms with E-state index in [1.54, 1.807) is 6.92 Å². The maximum Gasteiger partial charge on any atom is 0.338 e. The van der Waals surface area contributed by atoms with E-state index in [0.29, 0.717) is 29.2 Å². The number of methoxy groups -OCH3 is 1. The number of nitrogens with one attached hydrogen (secondary N) is 2. The number of urea groups is 1. The first kappa shape index (κ1) is 18.8. The number of hydrogen-bond acceptors (Lipinski definition) is 5. The molecule has 1 heterocycles. The molecular formula is C18H24N2O5. The minimum absolute atomic E-state index is 0.0410. The number of para-hydroxylation sites is 1. The molecule has 25 heavy (non-hydrogen) atoms. The summed E-state index contributed by atoms with van der Waals surface area (Å²) in [4.78, 5) is 24.5. The lowest BCUT2D eigenvalue weighted by molar-refractivity contribution is -0.140. The minimum atomic E-state index is -0.654. The van der Waals surface area contributed by atoms with Crippen molar-refractivity contribution < 1.29 is 23.8 Å². The van der Waals surface area contributed by atoms with Gasteiger partial charge in [-0.25, -0.2) is 9.59 Å². The molecule has 0 fully saturated rings. The molecular weight excluding hydrogens is 324 g/mol. The normalized spacial score (nSPS) is 17.2. The van der Waals surface area contributed by atoms with E-state index < -0.39 is 12.0 Å². The third-order valence-corrected chi connectivity index (χ3v) is 3.60. The summed E-state index contributed by atoms with van der Waals surface area (Å²) in [7, 11) is 1.53. The van der Waals surface area contributed by atoms with Gasteiger partial charge in [0.05, 0.1) is 24.3 Å². The van der Waals surface area contributed by atoms with Gasteiger partial charge < -0.3 is 24.8 Å². The number of benzene rings is 1. The molecule has 1 aliphatic heterocycles. The molecule has 2 N–H and O–H groups in total. The average Bonchev–Trinajstić information content (AvgIpc) is 2.54. The molecule has 0 aliphatic carbocycles. The van der Waals surface area contributed by atoms with E-state index in [1.165, 1.54) is 7.11 Å². The summed E-state index contributed by atoms with van der Waals surface area (Å²) in [6.45, 7) is 5.94. The summed E-state index contributed by atoms with van der Waals surface area (Å²) in [5, 5.41) is 5.40. The van der Waals surface area contributed by atoms with E-state index in [4.69, 9.17) is 14.2 Å². The quantitative estimate of drug-likeness (QED) is 0.583. The van der Waals surface area contributed by atoms with Crippen molar-refractivity contribution in [2.75, 3.05) is 20.3 Å². The van der Waals surface area contributed by atoms with Gasteiger partial charge in [0.1, 0.15) is 12.4 Å². The van der Waals surface area contributed by atoms with Crippen LogP contribution in [0.1, 0.15) is 32.4 Å². The van der Waals surface area contributed by atoms with Gasteiger partial charge in [-0.05, 0) is 26.8 Å². The molecule has 1 atom stereocenters. The van der Waals surface area contributed by atoms with Crippen LogP contribution in [0, 0.1) is 0 Å². The van der Waals surface area contributed by atoms with Gasteiger partial charge in [0, 0.05) is 18.4 Å². The number of esters is 1. The van der Waals surface area contributed by atoms with Crippen molar-refractivity contribution in [2.24, 2.45) is 0 Å². The SMILES string of the molecule is COCCOC(=O)C1=C(C)NC(=O)N[C@H]1c1ccccc1OC(C)C. The van der Waals surface area contributed by atoms with E-state index in [2.05, 4.69) is 10.6 Å². The largest absolute Gasteiger partial charge is 0.491 e. The van der Waals surface area contributed by atoms with E-state index in [0.717, 1.165) is 0 Å². The average molecular weight is 348 g/mol. The molecule has 2 rings (SSSR count). The second-order valence-corrected chi connectivity index (χ2v) is 5.90. The third-order valence-electron chi connectivity index (χ3n) is 3.60. The summed E-state index contributed by atoms with van der Waals surface area (Å²) >= 11 is 0. The summed E-state index contributed by atoms with van der Waals surface area (Å²) in [5.74, 6) is 0.103. The zero-order valence-corrected chi connectivity index (χ0v) is 14.9. The van der Waals surface area contributed by atoms with Gasteiger partial charge in [-0.2, -0.15) is 0 Å². The van der Waals surface area contributed by atoms with Crippen LogP contribution < -0.4 is 15.4 Å². The van der Waals surface area contributed by atoms with E-state index in [1.807, 2.05) is 38.1 Å². The maximum absolute atomic E-state index is 12.5. The first-order valence-electron chi connectivity index (χ1n) is 8.14. The highest BCUT2D eigenvalue weighted by atomic mass is 16.6. The Morgan fingerprint density at radius 3 is 2.64 bits per heavy atom. The number of allylic oxidation sites excluding steroid dienone is 1. The monoisotopic (exact) mass is 348 g/mol. The summed E-state index contributed by atoms with van der Waals surface area (Å²) in [6, 6.07) is 6.28. The van der Waals surface area contributed by atoms with E-state index >= 15 is 0 Å². The van der Waals surface area contributed by atoms with E-state index in [9.17, 15) is 9.59 Å². The molecule has 0 unspecified atom stereocenters. The number of rotatable bonds is 7. The number of ether oxygens (including phenoxy) is 3. The molecule has 0 radical (unpaired) electrons. The lowest BCUT2D eigenvalue weighted by Crippen LogP contribution is -2.45. The first-order valence-corrected chi connectivity index (χ1v) is 8.14.